The van der Waals surface area contributed by atoms with Crippen LogP contribution in [0.25, 0.3) is 22.8 Å². The molecule has 0 bridgehead atoms. The lowest BCUT2D eigenvalue weighted by atomic mass is 10.1. The summed E-state index contributed by atoms with van der Waals surface area (Å²) in [5, 5.41) is 0. The Bertz CT molecular complexity index is 1080. The van der Waals surface area contributed by atoms with Gasteiger partial charge in [0.1, 0.15) is 0 Å². The molecule has 0 amide bonds. The smallest absolute Gasteiger partial charge is 0.0892 e. The predicted octanol–water partition coefficient (Wildman–Crippen LogP) is 6.01. The predicted molar refractivity (Wildman–Crippen MR) is 126 cm³/mol. The maximum Gasteiger partial charge on any atom is 0.0892 e. The zero-order chi connectivity index (χ0) is 21.8. The Balaban J connectivity index is 1.44. The third kappa shape index (κ3) is 5.40. The van der Waals surface area contributed by atoms with Gasteiger partial charge in [-0.15, -0.1) is 0 Å². The van der Waals surface area contributed by atoms with Gasteiger partial charge in [-0.25, -0.2) is 0 Å². The number of rotatable bonds is 6. The van der Waals surface area contributed by atoms with Crippen molar-refractivity contribution in [2.45, 2.75) is 47.0 Å². The van der Waals surface area contributed by atoms with Gasteiger partial charge in [-0.1, -0.05) is 12.1 Å². The van der Waals surface area contributed by atoms with Crippen molar-refractivity contribution in [2.24, 2.45) is 0 Å². The highest BCUT2D eigenvalue weighted by Gasteiger charge is 2.07. The van der Waals surface area contributed by atoms with Crippen LogP contribution >= 0.6 is 0 Å². The van der Waals surface area contributed by atoms with Gasteiger partial charge in [-0.2, -0.15) is 0 Å². The van der Waals surface area contributed by atoms with Crippen molar-refractivity contribution in [1.82, 2.24) is 19.9 Å². The number of hydrogen-bond donors (Lipinski definition) is 0. The van der Waals surface area contributed by atoms with Crippen LogP contribution in [0.15, 0.2) is 60.7 Å². The standard InChI is InChI=1S/C27H28N4/c1-18-14-20(3)28-26(16-18)24-12-6-10-22(30-24)8-5-9-23-11-7-13-25(31-23)27-17-19(2)15-21(4)29-27/h6-7,10-17H,5,8-9H2,1-4H3. The molecule has 0 N–H and O–H groups in total. The Kier molecular flexibility index (Phi) is 6.17. The van der Waals surface area contributed by atoms with E-state index in [1.807, 2.05) is 26.0 Å². The highest BCUT2D eigenvalue weighted by Crippen LogP contribution is 2.20. The molecule has 4 aromatic rings. The van der Waals surface area contributed by atoms with E-state index in [0.717, 1.165) is 64.8 Å². The molecule has 0 atom stereocenters. The second kappa shape index (κ2) is 9.17. The maximum atomic E-state index is 4.85. The van der Waals surface area contributed by atoms with E-state index in [9.17, 15) is 0 Å². The van der Waals surface area contributed by atoms with E-state index in [1.165, 1.54) is 11.1 Å². The van der Waals surface area contributed by atoms with Crippen molar-refractivity contribution >= 4 is 0 Å². The summed E-state index contributed by atoms with van der Waals surface area (Å²) in [6.07, 6.45) is 2.81. The van der Waals surface area contributed by atoms with Crippen LogP contribution in [0.5, 0.6) is 0 Å². The number of aromatic nitrogens is 4. The first-order valence-corrected chi connectivity index (χ1v) is 10.8. The molecule has 4 rings (SSSR count). The highest BCUT2D eigenvalue weighted by molar-refractivity contribution is 5.56. The van der Waals surface area contributed by atoms with Crippen molar-refractivity contribution in [1.29, 1.82) is 0 Å². The molecule has 0 spiro atoms. The fourth-order valence-electron chi connectivity index (χ4n) is 3.92. The average molecular weight is 409 g/mol. The Morgan fingerprint density at radius 1 is 0.516 bits per heavy atom. The van der Waals surface area contributed by atoms with Gasteiger partial charge >= 0.3 is 0 Å². The molecule has 0 aliphatic rings. The number of nitrogens with zero attached hydrogens (tertiary/aromatic N) is 4. The fraction of sp³-hybridized carbons (Fsp3) is 0.259. The third-order valence-corrected chi connectivity index (χ3v) is 5.20. The molecular formula is C27H28N4. The fourth-order valence-corrected chi connectivity index (χ4v) is 3.92. The summed E-state index contributed by atoms with van der Waals surface area (Å²) in [5.74, 6) is 0. The lowest BCUT2D eigenvalue weighted by molar-refractivity contribution is 0.782. The monoisotopic (exact) mass is 408 g/mol. The van der Waals surface area contributed by atoms with Gasteiger partial charge in [-0.3, -0.25) is 19.9 Å². The van der Waals surface area contributed by atoms with E-state index in [2.05, 4.69) is 72.3 Å². The molecule has 0 unspecified atom stereocenters. The lowest BCUT2D eigenvalue weighted by Gasteiger charge is -2.08. The van der Waals surface area contributed by atoms with Crippen LogP contribution in [0.1, 0.15) is 40.3 Å². The Morgan fingerprint density at radius 3 is 1.39 bits per heavy atom. The van der Waals surface area contributed by atoms with Gasteiger partial charge in [-0.05, 0) is 107 Å². The molecule has 0 radical (unpaired) electrons. The van der Waals surface area contributed by atoms with E-state index in [0.29, 0.717) is 0 Å². The lowest BCUT2D eigenvalue weighted by Crippen LogP contribution is -1.99. The Labute approximate surface area is 184 Å². The van der Waals surface area contributed by atoms with Gasteiger partial charge in [0, 0.05) is 22.8 Å². The summed E-state index contributed by atoms with van der Waals surface area (Å²) in [7, 11) is 0. The van der Waals surface area contributed by atoms with E-state index in [1.54, 1.807) is 0 Å². The van der Waals surface area contributed by atoms with Crippen LogP contribution in [-0.4, -0.2) is 19.9 Å². The van der Waals surface area contributed by atoms with Crippen molar-refractivity contribution in [2.75, 3.05) is 0 Å². The quantitative estimate of drug-likeness (QED) is 0.392. The van der Waals surface area contributed by atoms with Crippen LogP contribution in [0.2, 0.25) is 0 Å². The van der Waals surface area contributed by atoms with E-state index >= 15 is 0 Å². The molecule has 4 nitrogen and oxygen atoms in total. The molecule has 0 saturated carbocycles. The van der Waals surface area contributed by atoms with Crippen LogP contribution in [0.4, 0.5) is 0 Å². The van der Waals surface area contributed by atoms with Crippen molar-refractivity contribution in [3.8, 4) is 22.8 Å². The topological polar surface area (TPSA) is 51.6 Å². The molecule has 4 aromatic heterocycles. The van der Waals surface area contributed by atoms with E-state index in [-0.39, 0.29) is 0 Å². The minimum absolute atomic E-state index is 0.909. The first-order chi connectivity index (χ1) is 15.0. The normalized spacial score (nSPS) is 11.0. The molecule has 4 heterocycles. The number of pyridine rings is 4. The maximum absolute atomic E-state index is 4.85. The van der Waals surface area contributed by atoms with Crippen LogP contribution in [0.3, 0.4) is 0 Å². The molecule has 31 heavy (non-hydrogen) atoms. The van der Waals surface area contributed by atoms with Gasteiger partial charge in [0.25, 0.3) is 0 Å². The second-order valence-electron chi connectivity index (χ2n) is 8.22. The van der Waals surface area contributed by atoms with Crippen LogP contribution in [0, 0.1) is 27.7 Å². The minimum atomic E-state index is 0.909. The third-order valence-electron chi connectivity index (χ3n) is 5.20. The van der Waals surface area contributed by atoms with Crippen molar-refractivity contribution in [3.63, 3.8) is 0 Å². The van der Waals surface area contributed by atoms with Gasteiger partial charge in [0.05, 0.1) is 22.8 Å². The molecule has 0 aliphatic carbocycles. The molecule has 4 heteroatoms. The zero-order valence-corrected chi connectivity index (χ0v) is 18.7. The molecule has 0 aromatic carbocycles. The zero-order valence-electron chi connectivity index (χ0n) is 18.7. The average Bonchev–Trinajstić information content (AvgIpc) is 2.73. The van der Waals surface area contributed by atoms with Crippen molar-refractivity contribution < 1.29 is 0 Å². The number of hydrogen-bond acceptors (Lipinski definition) is 4. The minimum Gasteiger partial charge on any atom is -0.251 e. The van der Waals surface area contributed by atoms with Crippen molar-refractivity contribution in [3.05, 3.63) is 94.6 Å². The molecular weight excluding hydrogens is 380 g/mol. The summed E-state index contributed by atoms with van der Waals surface area (Å²) >= 11 is 0. The second-order valence-corrected chi connectivity index (χ2v) is 8.22. The molecule has 0 aliphatic heterocycles. The van der Waals surface area contributed by atoms with Gasteiger partial charge in [0.15, 0.2) is 0 Å². The SMILES string of the molecule is Cc1cc(C)nc(-c2cccc(CCCc3cccc(-c4cc(C)cc(C)n4)n3)n2)c1. The first kappa shape index (κ1) is 20.9. The van der Waals surface area contributed by atoms with Crippen LogP contribution in [-0.2, 0) is 12.8 Å². The Morgan fingerprint density at radius 2 is 0.968 bits per heavy atom. The van der Waals surface area contributed by atoms with Crippen LogP contribution < -0.4 is 0 Å². The summed E-state index contributed by atoms with van der Waals surface area (Å²) in [5.41, 5.74) is 10.4. The number of aryl methyl sites for hydroxylation is 6. The Hall–Kier alpha value is -3.40. The molecule has 0 fully saturated rings. The van der Waals surface area contributed by atoms with Gasteiger partial charge < -0.3 is 0 Å². The van der Waals surface area contributed by atoms with Gasteiger partial charge in [0.2, 0.25) is 0 Å². The summed E-state index contributed by atoms with van der Waals surface area (Å²) in [6.45, 7) is 8.23. The summed E-state index contributed by atoms with van der Waals surface area (Å²) in [6, 6.07) is 20.8. The largest absolute Gasteiger partial charge is 0.251 e. The summed E-state index contributed by atoms with van der Waals surface area (Å²) < 4.78 is 0. The summed E-state index contributed by atoms with van der Waals surface area (Å²) in [4.78, 5) is 19.0. The first-order valence-electron chi connectivity index (χ1n) is 10.8. The molecule has 0 saturated heterocycles. The van der Waals surface area contributed by atoms with E-state index < -0.39 is 0 Å². The van der Waals surface area contributed by atoms with E-state index in [4.69, 9.17) is 9.97 Å². The molecule has 156 valence electrons. The highest BCUT2D eigenvalue weighted by atomic mass is 14.8.